The van der Waals surface area contributed by atoms with E-state index in [0.717, 1.165) is 17.4 Å². The molecule has 0 spiro atoms. The third kappa shape index (κ3) is 5.29. The lowest BCUT2D eigenvalue weighted by Gasteiger charge is -2.45. The van der Waals surface area contributed by atoms with Crippen LogP contribution in [0.4, 0.5) is 5.69 Å². The Kier molecular flexibility index (Phi) is 7.57. The molecule has 1 amide bonds. The number of benzene rings is 2. The molecule has 0 fully saturated rings. The molecule has 0 aromatic heterocycles. The van der Waals surface area contributed by atoms with Crippen LogP contribution in [0, 0.1) is 5.92 Å². The first kappa shape index (κ1) is 25.0. The first-order valence-electron chi connectivity index (χ1n) is 10.5. The Morgan fingerprint density at radius 3 is 2.41 bits per heavy atom. The van der Waals surface area contributed by atoms with Crippen LogP contribution < -0.4 is 10.0 Å². The second-order valence-corrected chi connectivity index (χ2v) is 11.4. The fraction of sp³-hybridized carbons (Fsp3) is 0.435. The maximum Gasteiger partial charge on any atom is 0.249 e. The zero-order valence-corrected chi connectivity index (χ0v) is 21.0. The molecule has 174 valence electrons. The van der Waals surface area contributed by atoms with Crippen molar-refractivity contribution in [1.29, 1.82) is 0 Å². The summed E-state index contributed by atoms with van der Waals surface area (Å²) in [5.41, 5.74) is 1.35. The molecule has 0 saturated carbocycles. The monoisotopic (exact) mass is 497 g/mol. The summed E-state index contributed by atoms with van der Waals surface area (Å²) in [5, 5.41) is 4.13. The number of nitrogens with zero attached hydrogens (tertiary/aromatic N) is 1. The number of hydrogen-bond acceptors (Lipinski definition) is 4. The SMILES string of the molecule is CC(C)C(C)N(CCNS(C)(=O)=O)C1(Cc2cccc(Cl)c2)C(=O)Nc2cc(Cl)ccc21. The predicted octanol–water partition coefficient (Wildman–Crippen LogP) is 4.28. The highest BCUT2D eigenvalue weighted by Crippen LogP contribution is 2.45. The molecule has 3 rings (SSSR count). The zero-order chi connectivity index (χ0) is 23.7. The van der Waals surface area contributed by atoms with Gasteiger partial charge in [0.25, 0.3) is 0 Å². The zero-order valence-electron chi connectivity index (χ0n) is 18.7. The highest BCUT2D eigenvalue weighted by Gasteiger charge is 2.52. The lowest BCUT2D eigenvalue weighted by Crippen LogP contribution is -2.58. The maximum atomic E-state index is 13.7. The van der Waals surface area contributed by atoms with Crippen LogP contribution in [0.5, 0.6) is 0 Å². The third-order valence-corrected chi connectivity index (χ3v) is 7.26. The average Bonchev–Trinajstić information content (AvgIpc) is 2.95. The van der Waals surface area contributed by atoms with E-state index >= 15 is 0 Å². The number of fused-ring (bicyclic) bond motifs is 1. The maximum absolute atomic E-state index is 13.7. The average molecular weight is 498 g/mol. The molecule has 0 aliphatic carbocycles. The highest BCUT2D eigenvalue weighted by molar-refractivity contribution is 7.88. The van der Waals surface area contributed by atoms with Crippen molar-refractivity contribution >= 4 is 44.8 Å². The first-order valence-corrected chi connectivity index (χ1v) is 13.2. The molecule has 1 heterocycles. The van der Waals surface area contributed by atoms with E-state index < -0.39 is 15.6 Å². The van der Waals surface area contributed by atoms with Crippen LogP contribution in [0.2, 0.25) is 10.0 Å². The molecule has 0 radical (unpaired) electrons. The van der Waals surface area contributed by atoms with Crippen molar-refractivity contribution in [3.8, 4) is 0 Å². The van der Waals surface area contributed by atoms with Gasteiger partial charge in [0.15, 0.2) is 0 Å². The van der Waals surface area contributed by atoms with Gasteiger partial charge in [-0.25, -0.2) is 13.1 Å². The fourth-order valence-corrected chi connectivity index (χ4v) is 5.13. The molecule has 0 saturated heterocycles. The summed E-state index contributed by atoms with van der Waals surface area (Å²) in [6, 6.07) is 12.8. The fourth-order valence-electron chi connectivity index (χ4n) is 4.29. The van der Waals surface area contributed by atoms with E-state index in [1.807, 2.05) is 24.3 Å². The summed E-state index contributed by atoms with van der Waals surface area (Å²) in [6.07, 6.45) is 1.51. The van der Waals surface area contributed by atoms with Crippen LogP contribution in [0.3, 0.4) is 0 Å². The number of rotatable bonds is 9. The Balaban J connectivity index is 2.16. The summed E-state index contributed by atoms with van der Waals surface area (Å²) >= 11 is 12.5. The van der Waals surface area contributed by atoms with Gasteiger partial charge in [-0.3, -0.25) is 9.69 Å². The molecular weight excluding hydrogens is 469 g/mol. The molecule has 1 aliphatic rings. The second kappa shape index (κ2) is 9.69. The molecule has 2 atom stereocenters. The van der Waals surface area contributed by atoms with E-state index in [4.69, 9.17) is 23.2 Å². The topological polar surface area (TPSA) is 78.5 Å². The van der Waals surface area contributed by atoms with E-state index in [-0.39, 0.29) is 24.4 Å². The van der Waals surface area contributed by atoms with E-state index in [2.05, 4.69) is 35.7 Å². The van der Waals surface area contributed by atoms with Gasteiger partial charge in [-0.1, -0.05) is 55.2 Å². The number of carbonyl (C=O) groups is 1. The molecule has 32 heavy (non-hydrogen) atoms. The summed E-state index contributed by atoms with van der Waals surface area (Å²) in [6.45, 7) is 6.77. The van der Waals surface area contributed by atoms with Gasteiger partial charge in [0.1, 0.15) is 5.54 Å². The smallest absolute Gasteiger partial charge is 0.249 e. The van der Waals surface area contributed by atoms with Crippen LogP contribution in [0.15, 0.2) is 42.5 Å². The number of anilines is 1. The molecule has 6 nitrogen and oxygen atoms in total. The van der Waals surface area contributed by atoms with Crippen LogP contribution >= 0.6 is 23.2 Å². The predicted molar refractivity (Wildman–Crippen MR) is 131 cm³/mol. The minimum Gasteiger partial charge on any atom is -0.324 e. The Morgan fingerprint density at radius 1 is 1.09 bits per heavy atom. The molecule has 2 unspecified atom stereocenters. The summed E-state index contributed by atoms with van der Waals surface area (Å²) < 4.78 is 26.0. The molecule has 2 aromatic carbocycles. The van der Waals surface area contributed by atoms with Crippen LogP contribution in [-0.4, -0.2) is 44.6 Å². The van der Waals surface area contributed by atoms with Crippen LogP contribution in [-0.2, 0) is 26.8 Å². The van der Waals surface area contributed by atoms with Crippen molar-refractivity contribution in [3.05, 3.63) is 63.6 Å². The number of carbonyl (C=O) groups excluding carboxylic acids is 1. The number of halogens is 2. The van der Waals surface area contributed by atoms with E-state index in [9.17, 15) is 13.2 Å². The molecule has 2 N–H and O–H groups in total. The quantitative estimate of drug-likeness (QED) is 0.541. The van der Waals surface area contributed by atoms with Gasteiger partial charge in [-0.15, -0.1) is 0 Å². The summed E-state index contributed by atoms with van der Waals surface area (Å²) in [7, 11) is -3.37. The second-order valence-electron chi connectivity index (χ2n) is 8.66. The van der Waals surface area contributed by atoms with E-state index in [0.29, 0.717) is 28.7 Å². The Morgan fingerprint density at radius 2 is 1.78 bits per heavy atom. The first-order chi connectivity index (χ1) is 14.9. The molecular formula is C23H29Cl2N3O3S. The van der Waals surface area contributed by atoms with Crippen molar-refractivity contribution < 1.29 is 13.2 Å². The summed E-state index contributed by atoms with van der Waals surface area (Å²) in [4.78, 5) is 15.8. The lowest BCUT2D eigenvalue weighted by atomic mass is 9.81. The van der Waals surface area contributed by atoms with Crippen molar-refractivity contribution in [2.75, 3.05) is 24.7 Å². The van der Waals surface area contributed by atoms with Gasteiger partial charge in [0, 0.05) is 46.8 Å². The van der Waals surface area contributed by atoms with Gasteiger partial charge in [0.2, 0.25) is 15.9 Å². The highest BCUT2D eigenvalue weighted by atomic mass is 35.5. The Hall–Kier alpha value is -1.64. The number of sulfonamides is 1. The minimum absolute atomic E-state index is 0.0251. The molecule has 2 aromatic rings. The standard InChI is InChI=1S/C23H29Cl2N3O3S/c1-15(2)16(3)28(11-10-26-32(4,30)31)23(14-17-6-5-7-18(24)12-17)20-9-8-19(25)13-21(20)27-22(23)29/h5-9,12-13,15-16,26H,10-11,14H2,1-4H3,(H,27,29). The largest absolute Gasteiger partial charge is 0.324 e. The number of nitrogens with one attached hydrogen (secondary N) is 2. The van der Waals surface area contributed by atoms with Crippen LogP contribution in [0.25, 0.3) is 0 Å². The molecule has 1 aliphatic heterocycles. The normalized spacial score (nSPS) is 19.3. The Bertz CT molecular complexity index is 1110. The lowest BCUT2D eigenvalue weighted by molar-refractivity contribution is -0.130. The number of hydrogen-bond donors (Lipinski definition) is 2. The van der Waals surface area contributed by atoms with Crippen molar-refractivity contribution in [2.24, 2.45) is 5.92 Å². The number of amides is 1. The van der Waals surface area contributed by atoms with E-state index in [1.54, 1.807) is 18.2 Å². The van der Waals surface area contributed by atoms with Gasteiger partial charge in [-0.05, 0) is 42.7 Å². The van der Waals surface area contributed by atoms with Gasteiger partial charge < -0.3 is 5.32 Å². The Labute approximate surface area is 200 Å². The van der Waals surface area contributed by atoms with Crippen molar-refractivity contribution in [1.82, 2.24) is 9.62 Å². The van der Waals surface area contributed by atoms with Gasteiger partial charge in [-0.2, -0.15) is 0 Å². The van der Waals surface area contributed by atoms with E-state index in [1.165, 1.54) is 0 Å². The van der Waals surface area contributed by atoms with Crippen LogP contribution in [0.1, 0.15) is 31.9 Å². The minimum atomic E-state index is -3.37. The molecule has 9 heteroatoms. The summed E-state index contributed by atoms with van der Waals surface area (Å²) in [5.74, 6) is 0.0511. The van der Waals surface area contributed by atoms with Gasteiger partial charge in [0.05, 0.1) is 6.26 Å². The van der Waals surface area contributed by atoms with Gasteiger partial charge >= 0.3 is 0 Å². The third-order valence-electron chi connectivity index (χ3n) is 6.06. The van der Waals surface area contributed by atoms with Crippen molar-refractivity contribution in [3.63, 3.8) is 0 Å². The molecule has 0 bridgehead atoms. The van der Waals surface area contributed by atoms with Crippen molar-refractivity contribution in [2.45, 2.75) is 38.8 Å².